The van der Waals surface area contributed by atoms with Gasteiger partial charge in [-0.15, -0.1) is 0 Å². The van der Waals surface area contributed by atoms with Crippen LogP contribution in [0.5, 0.6) is 0 Å². The van der Waals surface area contributed by atoms with E-state index in [1.54, 1.807) is 25.1 Å². The zero-order valence-electron chi connectivity index (χ0n) is 13.6. The number of amides is 1. The van der Waals surface area contributed by atoms with Crippen LogP contribution in [-0.2, 0) is 14.8 Å². The van der Waals surface area contributed by atoms with Crippen LogP contribution in [0.25, 0.3) is 0 Å². The van der Waals surface area contributed by atoms with Gasteiger partial charge in [-0.05, 0) is 31.9 Å². The highest BCUT2D eigenvalue weighted by Gasteiger charge is 2.36. The second-order valence-corrected chi connectivity index (χ2v) is 8.09. The van der Waals surface area contributed by atoms with E-state index in [0.717, 1.165) is 25.7 Å². The van der Waals surface area contributed by atoms with Crippen molar-refractivity contribution in [2.24, 2.45) is 10.7 Å². The lowest BCUT2D eigenvalue weighted by Gasteiger charge is -2.29. The van der Waals surface area contributed by atoms with Crippen molar-refractivity contribution in [3.05, 3.63) is 29.8 Å². The van der Waals surface area contributed by atoms with Gasteiger partial charge in [-0.1, -0.05) is 25.0 Å². The van der Waals surface area contributed by atoms with Crippen LogP contribution in [0.4, 0.5) is 0 Å². The van der Waals surface area contributed by atoms with E-state index in [1.165, 1.54) is 6.07 Å². The number of benzene rings is 1. The van der Waals surface area contributed by atoms with Gasteiger partial charge in [-0.25, -0.2) is 8.42 Å². The van der Waals surface area contributed by atoms with E-state index in [4.69, 9.17) is 5.73 Å². The van der Waals surface area contributed by atoms with Crippen molar-refractivity contribution in [3.8, 4) is 0 Å². The van der Waals surface area contributed by atoms with Crippen LogP contribution in [0, 0.1) is 0 Å². The van der Waals surface area contributed by atoms with Crippen LogP contribution in [0.15, 0.2) is 34.2 Å². The van der Waals surface area contributed by atoms with Crippen molar-refractivity contribution >= 4 is 21.8 Å². The van der Waals surface area contributed by atoms with E-state index in [0.29, 0.717) is 12.1 Å². The second-order valence-electron chi connectivity index (χ2n) is 6.44. The Hall–Kier alpha value is -1.93. The van der Waals surface area contributed by atoms with Crippen molar-refractivity contribution in [3.63, 3.8) is 0 Å². The molecule has 3 rings (SSSR count). The average Bonchev–Trinajstić information content (AvgIpc) is 3.12. The van der Waals surface area contributed by atoms with Crippen LogP contribution in [-0.4, -0.2) is 38.3 Å². The third-order valence-corrected chi connectivity index (χ3v) is 6.10. The molecule has 1 aliphatic carbocycles. The van der Waals surface area contributed by atoms with Crippen molar-refractivity contribution in [1.29, 1.82) is 0 Å². The Balaban J connectivity index is 1.80. The molecule has 1 unspecified atom stereocenters. The van der Waals surface area contributed by atoms with Gasteiger partial charge in [-0.3, -0.25) is 14.5 Å². The highest BCUT2D eigenvalue weighted by Crippen LogP contribution is 2.29. The molecule has 8 heteroatoms. The third kappa shape index (κ3) is 3.03. The molecule has 1 fully saturated rings. The predicted octanol–water partition coefficient (Wildman–Crippen LogP) is 0.501. The summed E-state index contributed by atoms with van der Waals surface area (Å²) < 4.78 is 26.6. The van der Waals surface area contributed by atoms with E-state index < -0.39 is 16.1 Å². The van der Waals surface area contributed by atoms with E-state index in [2.05, 4.69) is 15.0 Å². The average molecular weight is 350 g/mol. The maximum absolute atomic E-state index is 12.5. The van der Waals surface area contributed by atoms with Crippen molar-refractivity contribution in [2.75, 3.05) is 6.54 Å². The largest absolute Gasteiger partial charge is 0.348 e. The minimum absolute atomic E-state index is 0.186. The molecule has 0 bridgehead atoms. The quantitative estimate of drug-likeness (QED) is 0.734. The molecule has 0 saturated heterocycles. The summed E-state index contributed by atoms with van der Waals surface area (Å²) in [7, 11) is -3.60. The highest BCUT2D eigenvalue weighted by atomic mass is 32.2. The highest BCUT2D eigenvalue weighted by molar-refractivity contribution is 7.90. The smallest absolute Gasteiger partial charge is 0.263 e. The number of carbonyl (C=O) groups is 1. The van der Waals surface area contributed by atoms with E-state index >= 15 is 0 Å². The number of amidine groups is 1. The summed E-state index contributed by atoms with van der Waals surface area (Å²) in [5.41, 5.74) is 5.98. The number of fused-ring (bicyclic) bond motifs is 1. The molecular formula is C16H22N4O3S. The normalized spacial score (nSPS) is 23.5. The van der Waals surface area contributed by atoms with Gasteiger partial charge in [0.2, 0.25) is 5.91 Å². The molecule has 1 aliphatic heterocycles. The summed E-state index contributed by atoms with van der Waals surface area (Å²) in [6.07, 6.45) is 3.84. The van der Waals surface area contributed by atoms with Crippen LogP contribution in [0.3, 0.4) is 0 Å². The second kappa shape index (κ2) is 6.18. The van der Waals surface area contributed by atoms with Gasteiger partial charge in [-0.2, -0.15) is 0 Å². The summed E-state index contributed by atoms with van der Waals surface area (Å²) in [5.74, 6) is -0.0279. The number of nitrogens with zero attached hydrogens (tertiary/aromatic N) is 1. The number of aliphatic imine (C=N–C) groups is 1. The Morgan fingerprint density at radius 2 is 2.04 bits per heavy atom. The first-order valence-electron chi connectivity index (χ1n) is 8.09. The van der Waals surface area contributed by atoms with Crippen molar-refractivity contribution in [1.82, 2.24) is 10.0 Å². The first-order valence-corrected chi connectivity index (χ1v) is 9.57. The molecule has 1 aromatic carbocycles. The first kappa shape index (κ1) is 16.9. The van der Waals surface area contributed by atoms with E-state index in [1.807, 2.05) is 0 Å². The number of rotatable bonds is 4. The molecule has 1 amide bonds. The number of nitrogens with two attached hydrogens (primary N) is 1. The Morgan fingerprint density at radius 3 is 2.71 bits per heavy atom. The Labute approximate surface area is 141 Å². The molecule has 24 heavy (non-hydrogen) atoms. The fourth-order valence-electron chi connectivity index (χ4n) is 3.28. The van der Waals surface area contributed by atoms with Gasteiger partial charge in [0.1, 0.15) is 11.9 Å². The molecule has 0 spiro atoms. The monoisotopic (exact) mass is 350 g/mol. The number of hydrogen-bond donors (Lipinski definition) is 3. The molecule has 130 valence electrons. The number of sulfonamides is 1. The van der Waals surface area contributed by atoms with Gasteiger partial charge >= 0.3 is 0 Å². The zero-order valence-corrected chi connectivity index (χ0v) is 14.4. The van der Waals surface area contributed by atoms with Crippen molar-refractivity contribution < 1.29 is 13.2 Å². The lowest BCUT2D eigenvalue weighted by atomic mass is 9.97. The third-order valence-electron chi connectivity index (χ3n) is 4.70. The lowest BCUT2D eigenvalue weighted by molar-refractivity contribution is -0.123. The van der Waals surface area contributed by atoms with E-state index in [-0.39, 0.29) is 22.2 Å². The topological polar surface area (TPSA) is 114 Å². The maximum Gasteiger partial charge on any atom is 0.263 e. The molecule has 1 atom stereocenters. The summed E-state index contributed by atoms with van der Waals surface area (Å²) in [5, 5.41) is 3.01. The van der Waals surface area contributed by atoms with Crippen LogP contribution >= 0.6 is 0 Å². The summed E-state index contributed by atoms with van der Waals surface area (Å²) >= 11 is 0. The molecule has 0 aromatic heterocycles. The van der Waals surface area contributed by atoms with Gasteiger partial charge in [0, 0.05) is 12.1 Å². The molecule has 1 heterocycles. The Morgan fingerprint density at radius 1 is 1.38 bits per heavy atom. The Bertz CT molecular complexity index is 782. The van der Waals surface area contributed by atoms with Crippen LogP contribution in [0.1, 0.15) is 38.2 Å². The summed E-state index contributed by atoms with van der Waals surface area (Å²) in [4.78, 5) is 17.0. The van der Waals surface area contributed by atoms with Gasteiger partial charge in [0.15, 0.2) is 0 Å². The summed E-state index contributed by atoms with van der Waals surface area (Å²) in [6, 6.07) is 5.88. The molecule has 1 saturated carbocycles. The minimum atomic E-state index is -3.60. The Kier molecular flexibility index (Phi) is 4.35. The molecule has 7 nitrogen and oxygen atoms in total. The minimum Gasteiger partial charge on any atom is -0.348 e. The molecule has 4 N–H and O–H groups in total. The van der Waals surface area contributed by atoms with Gasteiger partial charge < -0.3 is 11.1 Å². The zero-order chi connectivity index (χ0) is 17.4. The maximum atomic E-state index is 12.5. The standard InChI is InChI=1S/C16H22N4O3S/c1-11(15(21)19-16(10-17)8-4-5-9-16)18-14-12-6-2-3-7-13(12)24(22,23)20-14/h2-3,6-7,11H,4-5,8-10,17H2,1H3,(H,18,20)(H,19,21). The number of hydrogen-bond acceptors (Lipinski definition) is 5. The predicted molar refractivity (Wildman–Crippen MR) is 91.2 cm³/mol. The van der Waals surface area contributed by atoms with Crippen LogP contribution < -0.4 is 15.8 Å². The summed E-state index contributed by atoms with van der Waals surface area (Å²) in [6.45, 7) is 2.05. The number of carbonyl (C=O) groups excluding carboxylic acids is 1. The number of nitrogens with one attached hydrogen (secondary N) is 2. The van der Waals surface area contributed by atoms with Gasteiger partial charge in [0.05, 0.1) is 10.4 Å². The fraction of sp³-hybridized carbons (Fsp3) is 0.500. The van der Waals surface area contributed by atoms with Gasteiger partial charge in [0.25, 0.3) is 10.0 Å². The SMILES string of the molecule is CC(N=C1NS(=O)(=O)c2ccccc21)C(=O)NC1(CN)CCCC1. The fourth-order valence-corrected chi connectivity index (χ4v) is 4.52. The van der Waals surface area contributed by atoms with E-state index in [9.17, 15) is 13.2 Å². The van der Waals surface area contributed by atoms with Crippen molar-refractivity contribution in [2.45, 2.75) is 49.1 Å². The lowest BCUT2D eigenvalue weighted by Crippen LogP contribution is -2.54. The first-order chi connectivity index (χ1) is 11.4. The molecule has 1 aromatic rings. The van der Waals surface area contributed by atoms with Crippen LogP contribution in [0.2, 0.25) is 0 Å². The molecule has 2 aliphatic rings. The molecule has 0 radical (unpaired) electrons. The molecular weight excluding hydrogens is 328 g/mol.